The molecular formula is C13H15NO. The van der Waals surface area contributed by atoms with Crippen molar-refractivity contribution in [3.63, 3.8) is 0 Å². The Labute approximate surface area is 89.5 Å². The van der Waals surface area contributed by atoms with Crippen molar-refractivity contribution in [3.8, 4) is 0 Å². The van der Waals surface area contributed by atoms with Crippen LogP contribution in [0.4, 0.5) is 0 Å². The van der Waals surface area contributed by atoms with Crippen molar-refractivity contribution in [2.45, 2.75) is 26.0 Å². The number of fused-ring (bicyclic) bond motifs is 1. The minimum atomic E-state index is 0.253. The van der Waals surface area contributed by atoms with Gasteiger partial charge < -0.3 is 9.30 Å². The van der Waals surface area contributed by atoms with Crippen LogP contribution in [0.2, 0.25) is 0 Å². The topological polar surface area (TPSA) is 14.2 Å². The van der Waals surface area contributed by atoms with E-state index in [1.807, 2.05) is 0 Å². The normalized spacial score (nSPS) is 21.3. The van der Waals surface area contributed by atoms with E-state index in [0.717, 1.165) is 13.0 Å². The molecule has 78 valence electrons. The second kappa shape index (κ2) is 3.38. The summed E-state index contributed by atoms with van der Waals surface area (Å²) < 4.78 is 8.00. The van der Waals surface area contributed by atoms with Crippen molar-refractivity contribution in [1.82, 2.24) is 4.57 Å². The van der Waals surface area contributed by atoms with Crippen LogP contribution in [-0.2, 0) is 4.74 Å². The van der Waals surface area contributed by atoms with Gasteiger partial charge in [-0.15, -0.1) is 0 Å². The lowest BCUT2D eigenvalue weighted by Gasteiger charge is -2.12. The molecule has 1 unspecified atom stereocenters. The molecule has 1 atom stereocenters. The maximum atomic E-state index is 5.72. The molecule has 3 rings (SSSR count). The largest absolute Gasteiger partial charge is 0.358 e. The van der Waals surface area contributed by atoms with Gasteiger partial charge in [-0.2, -0.15) is 0 Å². The molecule has 1 aromatic carbocycles. The van der Waals surface area contributed by atoms with E-state index in [1.54, 1.807) is 0 Å². The Morgan fingerprint density at radius 2 is 2.20 bits per heavy atom. The number of nitrogens with zero attached hydrogens (tertiary/aromatic N) is 1. The molecule has 0 amide bonds. The maximum absolute atomic E-state index is 5.72. The number of rotatable bonds is 1. The molecule has 0 radical (unpaired) electrons. The Bertz CT molecular complexity index is 480. The number of aromatic nitrogens is 1. The molecule has 0 aliphatic carbocycles. The van der Waals surface area contributed by atoms with Crippen LogP contribution in [0.1, 0.15) is 24.6 Å². The van der Waals surface area contributed by atoms with E-state index in [9.17, 15) is 0 Å². The van der Waals surface area contributed by atoms with Crippen LogP contribution in [-0.4, -0.2) is 11.2 Å². The van der Waals surface area contributed by atoms with Gasteiger partial charge in [0.1, 0.15) is 6.23 Å². The van der Waals surface area contributed by atoms with Crippen LogP contribution in [0, 0.1) is 6.92 Å². The molecule has 1 aliphatic rings. The monoisotopic (exact) mass is 201 g/mol. The second-order valence-corrected chi connectivity index (χ2v) is 4.20. The third kappa shape index (κ3) is 1.37. The summed E-state index contributed by atoms with van der Waals surface area (Å²) >= 11 is 0. The fourth-order valence-electron chi connectivity index (χ4n) is 2.40. The highest BCUT2D eigenvalue weighted by atomic mass is 16.5. The zero-order valence-electron chi connectivity index (χ0n) is 8.94. The molecule has 1 saturated heterocycles. The highest BCUT2D eigenvalue weighted by Crippen LogP contribution is 2.29. The van der Waals surface area contributed by atoms with Gasteiger partial charge in [-0.25, -0.2) is 0 Å². The van der Waals surface area contributed by atoms with Gasteiger partial charge in [0.25, 0.3) is 0 Å². The average molecular weight is 201 g/mol. The lowest BCUT2D eigenvalue weighted by Crippen LogP contribution is -2.05. The van der Waals surface area contributed by atoms with Gasteiger partial charge >= 0.3 is 0 Å². The quantitative estimate of drug-likeness (QED) is 0.690. The summed E-state index contributed by atoms with van der Waals surface area (Å²) in [7, 11) is 0. The molecule has 0 saturated carbocycles. The van der Waals surface area contributed by atoms with Gasteiger partial charge in [0.15, 0.2) is 0 Å². The van der Waals surface area contributed by atoms with Crippen LogP contribution < -0.4 is 0 Å². The first-order valence-electron chi connectivity index (χ1n) is 5.54. The molecular weight excluding hydrogens is 186 g/mol. The summed E-state index contributed by atoms with van der Waals surface area (Å²) in [5, 5.41) is 1.34. The number of hydrogen-bond acceptors (Lipinski definition) is 1. The van der Waals surface area contributed by atoms with E-state index in [-0.39, 0.29) is 6.23 Å². The lowest BCUT2D eigenvalue weighted by molar-refractivity contribution is 0.0601. The van der Waals surface area contributed by atoms with Crippen molar-refractivity contribution in [3.05, 3.63) is 36.0 Å². The predicted octanol–water partition coefficient (Wildman–Crippen LogP) is 3.26. The minimum absolute atomic E-state index is 0.253. The van der Waals surface area contributed by atoms with E-state index in [0.29, 0.717) is 0 Å². The Balaban J connectivity index is 2.17. The third-order valence-electron chi connectivity index (χ3n) is 3.16. The Morgan fingerprint density at radius 1 is 1.33 bits per heavy atom. The molecule has 1 aromatic heterocycles. The van der Waals surface area contributed by atoms with E-state index >= 15 is 0 Å². The SMILES string of the molecule is Cc1cn(C2CCCO2)c2ccccc12. The first-order valence-corrected chi connectivity index (χ1v) is 5.54. The van der Waals surface area contributed by atoms with Gasteiger partial charge in [0.05, 0.1) is 5.52 Å². The number of para-hydroxylation sites is 1. The number of ether oxygens (including phenoxy) is 1. The van der Waals surface area contributed by atoms with E-state index < -0.39 is 0 Å². The zero-order chi connectivity index (χ0) is 10.3. The van der Waals surface area contributed by atoms with Gasteiger partial charge in [-0.05, 0) is 31.4 Å². The molecule has 1 fully saturated rings. The van der Waals surface area contributed by atoms with Crippen LogP contribution in [0.15, 0.2) is 30.5 Å². The van der Waals surface area contributed by atoms with Crippen LogP contribution in [0.5, 0.6) is 0 Å². The molecule has 0 bridgehead atoms. The summed E-state index contributed by atoms with van der Waals surface area (Å²) in [6, 6.07) is 8.53. The third-order valence-corrected chi connectivity index (χ3v) is 3.16. The fourth-order valence-corrected chi connectivity index (χ4v) is 2.40. The highest BCUT2D eigenvalue weighted by Gasteiger charge is 2.19. The van der Waals surface area contributed by atoms with Crippen LogP contribution in [0.3, 0.4) is 0 Å². The lowest BCUT2D eigenvalue weighted by atomic mass is 10.2. The molecule has 15 heavy (non-hydrogen) atoms. The fraction of sp³-hybridized carbons (Fsp3) is 0.385. The maximum Gasteiger partial charge on any atom is 0.134 e. The predicted molar refractivity (Wildman–Crippen MR) is 60.9 cm³/mol. The zero-order valence-corrected chi connectivity index (χ0v) is 8.94. The van der Waals surface area contributed by atoms with Crippen molar-refractivity contribution in [2.75, 3.05) is 6.61 Å². The summed E-state index contributed by atoms with van der Waals surface area (Å²) in [6.45, 7) is 3.06. The summed E-state index contributed by atoms with van der Waals surface area (Å²) in [6.07, 6.45) is 4.78. The molecule has 1 aliphatic heterocycles. The van der Waals surface area contributed by atoms with Gasteiger partial charge in [-0.1, -0.05) is 18.2 Å². The number of hydrogen-bond donors (Lipinski definition) is 0. The van der Waals surface area contributed by atoms with Crippen molar-refractivity contribution in [1.29, 1.82) is 0 Å². The van der Waals surface area contributed by atoms with E-state index in [2.05, 4.69) is 42.0 Å². The second-order valence-electron chi connectivity index (χ2n) is 4.20. The first-order chi connectivity index (χ1) is 7.36. The summed E-state index contributed by atoms with van der Waals surface area (Å²) in [5.74, 6) is 0. The van der Waals surface area contributed by atoms with Gasteiger partial charge in [0.2, 0.25) is 0 Å². The number of benzene rings is 1. The Morgan fingerprint density at radius 3 is 3.00 bits per heavy atom. The van der Waals surface area contributed by atoms with Crippen LogP contribution in [0.25, 0.3) is 10.9 Å². The van der Waals surface area contributed by atoms with Crippen molar-refractivity contribution >= 4 is 10.9 Å². The minimum Gasteiger partial charge on any atom is -0.358 e. The first kappa shape index (κ1) is 8.98. The van der Waals surface area contributed by atoms with Gasteiger partial charge in [0, 0.05) is 18.2 Å². The highest BCUT2D eigenvalue weighted by molar-refractivity contribution is 5.83. The molecule has 0 N–H and O–H groups in total. The van der Waals surface area contributed by atoms with E-state index in [1.165, 1.54) is 22.9 Å². The smallest absolute Gasteiger partial charge is 0.134 e. The Kier molecular flexibility index (Phi) is 2.03. The van der Waals surface area contributed by atoms with Crippen LogP contribution >= 0.6 is 0 Å². The summed E-state index contributed by atoms with van der Waals surface area (Å²) in [4.78, 5) is 0. The van der Waals surface area contributed by atoms with E-state index in [4.69, 9.17) is 4.74 Å². The summed E-state index contributed by atoms with van der Waals surface area (Å²) in [5.41, 5.74) is 2.63. The van der Waals surface area contributed by atoms with Gasteiger partial charge in [-0.3, -0.25) is 0 Å². The van der Waals surface area contributed by atoms with Crippen molar-refractivity contribution in [2.24, 2.45) is 0 Å². The average Bonchev–Trinajstić information content (AvgIpc) is 2.87. The Hall–Kier alpha value is -1.28. The number of aryl methyl sites for hydroxylation is 1. The molecule has 2 heterocycles. The molecule has 2 nitrogen and oxygen atoms in total. The molecule has 2 heteroatoms. The van der Waals surface area contributed by atoms with Crippen molar-refractivity contribution < 1.29 is 4.74 Å². The standard InChI is InChI=1S/C13H15NO/c1-10-9-14(13-7-4-8-15-13)12-6-3-2-5-11(10)12/h2-3,5-6,9,13H,4,7-8H2,1H3. The molecule has 0 spiro atoms. The molecule has 2 aromatic rings.